The van der Waals surface area contributed by atoms with Crippen LogP contribution in [0.1, 0.15) is 18.2 Å². The third kappa shape index (κ3) is 3.28. The van der Waals surface area contributed by atoms with Gasteiger partial charge in [0.15, 0.2) is 0 Å². The Balaban J connectivity index is 2.11. The fourth-order valence-corrected chi connectivity index (χ4v) is 3.29. The molecule has 0 fully saturated rings. The highest BCUT2D eigenvalue weighted by molar-refractivity contribution is 5.93. The Morgan fingerprint density at radius 2 is 1.81 bits per heavy atom. The maximum Gasteiger partial charge on any atom is 0.332 e. The number of likely N-dealkylation sites (N-methyl/N-ethyl adjacent to an activating group) is 1. The summed E-state index contributed by atoms with van der Waals surface area (Å²) in [5.74, 6) is -0.319. The molecule has 0 aliphatic rings. The molecule has 0 atom stereocenters. The minimum Gasteiger partial charge on any atom is -0.311 e. The molecule has 0 spiro atoms. The van der Waals surface area contributed by atoms with Gasteiger partial charge in [0, 0.05) is 25.0 Å². The van der Waals surface area contributed by atoms with Crippen LogP contribution in [-0.2, 0) is 18.4 Å². The molecule has 0 radical (unpaired) electrons. The number of carbonyl (C=O) groups is 1. The standard InChI is InChI=1S/C20H22N4O3/c1-5-23(15-9-7-6-8-10-15)16(25)12-24-19(26)17-13(2)11-14(3)21-18(17)22(4)20(24)27/h6-11H,5,12H2,1-4H3. The molecule has 0 bridgehead atoms. The summed E-state index contributed by atoms with van der Waals surface area (Å²) in [6, 6.07) is 11.0. The Hall–Kier alpha value is -3.22. The van der Waals surface area contributed by atoms with Crippen LogP contribution in [0.5, 0.6) is 0 Å². The summed E-state index contributed by atoms with van der Waals surface area (Å²) in [6.45, 7) is 5.58. The fourth-order valence-electron chi connectivity index (χ4n) is 3.29. The minimum atomic E-state index is -0.553. The maximum absolute atomic E-state index is 13.0. The number of aromatic nitrogens is 3. The number of pyridine rings is 1. The zero-order valence-electron chi connectivity index (χ0n) is 15.9. The average molecular weight is 366 g/mol. The van der Waals surface area contributed by atoms with E-state index in [0.717, 1.165) is 21.5 Å². The van der Waals surface area contributed by atoms with E-state index in [1.54, 1.807) is 24.9 Å². The molecule has 0 unspecified atom stereocenters. The van der Waals surface area contributed by atoms with Gasteiger partial charge in [-0.3, -0.25) is 18.7 Å². The third-order valence-corrected chi connectivity index (χ3v) is 4.60. The molecule has 3 rings (SSSR count). The van der Waals surface area contributed by atoms with Crippen molar-refractivity contribution in [2.24, 2.45) is 7.05 Å². The van der Waals surface area contributed by atoms with Gasteiger partial charge in [0.25, 0.3) is 5.56 Å². The van der Waals surface area contributed by atoms with E-state index in [4.69, 9.17) is 0 Å². The van der Waals surface area contributed by atoms with Crippen LogP contribution < -0.4 is 16.1 Å². The molecule has 0 N–H and O–H groups in total. The van der Waals surface area contributed by atoms with Gasteiger partial charge in [-0.25, -0.2) is 9.78 Å². The normalized spacial score (nSPS) is 11.0. The van der Waals surface area contributed by atoms with Crippen LogP contribution in [0, 0.1) is 13.8 Å². The van der Waals surface area contributed by atoms with Crippen molar-refractivity contribution in [2.45, 2.75) is 27.3 Å². The first kappa shape index (κ1) is 18.6. The molecule has 2 aromatic heterocycles. The number of rotatable bonds is 4. The highest BCUT2D eigenvalue weighted by Gasteiger charge is 2.20. The molecular weight excluding hydrogens is 344 g/mol. The minimum absolute atomic E-state index is 0.319. The fraction of sp³-hybridized carbons (Fsp3) is 0.300. The Labute approximate surface area is 156 Å². The molecule has 2 heterocycles. The zero-order chi connectivity index (χ0) is 19.7. The van der Waals surface area contributed by atoms with Gasteiger partial charge in [-0.1, -0.05) is 18.2 Å². The van der Waals surface area contributed by atoms with Crippen LogP contribution in [0.4, 0.5) is 5.69 Å². The van der Waals surface area contributed by atoms with E-state index in [2.05, 4.69) is 4.98 Å². The van der Waals surface area contributed by atoms with Crippen molar-refractivity contribution in [1.29, 1.82) is 0 Å². The van der Waals surface area contributed by atoms with E-state index in [-0.39, 0.29) is 12.5 Å². The second-order valence-corrected chi connectivity index (χ2v) is 6.49. The lowest BCUT2D eigenvalue weighted by atomic mass is 10.2. The number of benzene rings is 1. The number of hydrogen-bond donors (Lipinski definition) is 0. The smallest absolute Gasteiger partial charge is 0.311 e. The maximum atomic E-state index is 13.0. The van der Waals surface area contributed by atoms with E-state index in [1.165, 1.54) is 4.57 Å². The number of para-hydroxylation sites is 1. The Bertz CT molecular complexity index is 1130. The summed E-state index contributed by atoms with van der Waals surface area (Å²) in [7, 11) is 1.56. The summed E-state index contributed by atoms with van der Waals surface area (Å²) < 4.78 is 2.31. The number of aryl methyl sites for hydroxylation is 3. The van der Waals surface area contributed by atoms with Crippen molar-refractivity contribution in [2.75, 3.05) is 11.4 Å². The second kappa shape index (κ2) is 7.19. The molecule has 0 saturated carbocycles. The number of carbonyl (C=O) groups excluding carboxylic acids is 1. The van der Waals surface area contributed by atoms with Crippen molar-refractivity contribution < 1.29 is 4.79 Å². The number of nitrogens with zero attached hydrogens (tertiary/aromatic N) is 4. The van der Waals surface area contributed by atoms with Gasteiger partial charge >= 0.3 is 5.69 Å². The molecule has 140 valence electrons. The largest absolute Gasteiger partial charge is 0.332 e. The zero-order valence-corrected chi connectivity index (χ0v) is 15.9. The summed E-state index contributed by atoms with van der Waals surface area (Å²) >= 11 is 0. The van der Waals surface area contributed by atoms with Crippen LogP contribution in [0.15, 0.2) is 46.0 Å². The molecular formula is C20H22N4O3. The van der Waals surface area contributed by atoms with Gasteiger partial charge in [-0.2, -0.15) is 0 Å². The Morgan fingerprint density at radius 3 is 2.44 bits per heavy atom. The molecule has 7 nitrogen and oxygen atoms in total. The van der Waals surface area contributed by atoms with Gasteiger partial charge < -0.3 is 4.90 Å². The van der Waals surface area contributed by atoms with Gasteiger partial charge in [-0.05, 0) is 44.5 Å². The Kier molecular flexibility index (Phi) is 4.94. The SMILES string of the molecule is CCN(C(=O)Cn1c(=O)c2c(C)cc(C)nc2n(C)c1=O)c1ccccc1. The topological polar surface area (TPSA) is 77.2 Å². The van der Waals surface area contributed by atoms with Crippen molar-refractivity contribution in [1.82, 2.24) is 14.1 Å². The van der Waals surface area contributed by atoms with E-state index >= 15 is 0 Å². The van der Waals surface area contributed by atoms with E-state index in [0.29, 0.717) is 17.6 Å². The van der Waals surface area contributed by atoms with Crippen LogP contribution in [0.3, 0.4) is 0 Å². The van der Waals surface area contributed by atoms with Crippen LogP contribution in [-0.4, -0.2) is 26.6 Å². The molecule has 7 heteroatoms. The lowest BCUT2D eigenvalue weighted by Gasteiger charge is -2.21. The van der Waals surface area contributed by atoms with E-state index < -0.39 is 11.2 Å². The molecule has 3 aromatic rings. The second-order valence-electron chi connectivity index (χ2n) is 6.49. The molecule has 1 amide bonds. The first-order chi connectivity index (χ1) is 12.8. The molecule has 0 aliphatic heterocycles. The highest BCUT2D eigenvalue weighted by Crippen LogP contribution is 2.14. The van der Waals surface area contributed by atoms with Gasteiger partial charge in [0.1, 0.15) is 12.2 Å². The van der Waals surface area contributed by atoms with E-state index in [1.807, 2.05) is 44.2 Å². The van der Waals surface area contributed by atoms with Gasteiger partial charge in [0.05, 0.1) is 5.39 Å². The molecule has 0 saturated heterocycles. The first-order valence-corrected chi connectivity index (χ1v) is 8.78. The molecule has 1 aromatic carbocycles. The van der Waals surface area contributed by atoms with Gasteiger partial charge in [0.2, 0.25) is 5.91 Å². The highest BCUT2D eigenvalue weighted by atomic mass is 16.2. The van der Waals surface area contributed by atoms with Crippen molar-refractivity contribution in [3.05, 3.63) is 68.5 Å². The summed E-state index contributed by atoms with van der Waals surface area (Å²) in [5, 5.41) is 0.359. The van der Waals surface area contributed by atoms with Gasteiger partial charge in [-0.15, -0.1) is 0 Å². The third-order valence-electron chi connectivity index (χ3n) is 4.60. The quantitative estimate of drug-likeness (QED) is 0.705. The van der Waals surface area contributed by atoms with E-state index in [9.17, 15) is 14.4 Å². The van der Waals surface area contributed by atoms with Crippen molar-refractivity contribution >= 4 is 22.6 Å². The Morgan fingerprint density at radius 1 is 1.15 bits per heavy atom. The summed E-state index contributed by atoms with van der Waals surface area (Å²) in [4.78, 5) is 44.4. The summed E-state index contributed by atoms with van der Waals surface area (Å²) in [6.07, 6.45) is 0. The van der Waals surface area contributed by atoms with Crippen LogP contribution in [0.25, 0.3) is 11.0 Å². The number of amides is 1. The monoisotopic (exact) mass is 366 g/mol. The van der Waals surface area contributed by atoms with Crippen molar-refractivity contribution in [3.63, 3.8) is 0 Å². The van der Waals surface area contributed by atoms with Crippen molar-refractivity contribution in [3.8, 4) is 0 Å². The predicted octanol–water partition coefficient (Wildman–Crippen LogP) is 1.77. The lowest BCUT2D eigenvalue weighted by Crippen LogP contribution is -2.44. The average Bonchev–Trinajstić information content (AvgIpc) is 2.64. The first-order valence-electron chi connectivity index (χ1n) is 8.78. The number of anilines is 1. The lowest BCUT2D eigenvalue weighted by molar-refractivity contribution is -0.119. The molecule has 0 aliphatic carbocycles. The van der Waals surface area contributed by atoms with Crippen LogP contribution in [0.2, 0.25) is 0 Å². The summed E-state index contributed by atoms with van der Waals surface area (Å²) in [5.41, 5.74) is 1.47. The number of fused-ring (bicyclic) bond motifs is 1. The number of hydrogen-bond acceptors (Lipinski definition) is 4. The predicted molar refractivity (Wildman–Crippen MR) is 105 cm³/mol. The molecule has 27 heavy (non-hydrogen) atoms. The van der Waals surface area contributed by atoms with Crippen LogP contribution >= 0.6 is 0 Å².